The number of aromatic nitrogens is 2. The zero-order valence-electron chi connectivity index (χ0n) is 10.2. The van der Waals surface area contributed by atoms with E-state index in [-0.39, 0.29) is 5.88 Å². The van der Waals surface area contributed by atoms with Crippen LogP contribution >= 0.6 is 34.2 Å². The monoisotopic (exact) mass is 397 g/mol. The molecule has 6 heteroatoms. The molecule has 0 saturated heterocycles. The summed E-state index contributed by atoms with van der Waals surface area (Å²) in [5, 5.41) is 4.72. The Balaban J connectivity index is 2.24. The van der Waals surface area contributed by atoms with Gasteiger partial charge in [-0.25, -0.2) is 0 Å². The van der Waals surface area contributed by atoms with E-state index in [0.29, 0.717) is 10.7 Å². The summed E-state index contributed by atoms with van der Waals surface area (Å²) in [6, 6.07) is 9.35. The fourth-order valence-corrected chi connectivity index (χ4v) is 2.73. The first kappa shape index (κ1) is 13.4. The molecule has 2 heterocycles. The molecule has 2 aromatic heterocycles. The topological polar surface area (TPSA) is 64.9 Å². The summed E-state index contributed by atoms with van der Waals surface area (Å²) in [6.45, 7) is 0. The number of benzene rings is 1. The molecule has 0 unspecified atom stereocenters. The molecule has 0 atom stereocenters. The third kappa shape index (κ3) is 2.38. The molecule has 0 fully saturated rings. The van der Waals surface area contributed by atoms with Gasteiger partial charge in [0.25, 0.3) is 0 Å². The van der Waals surface area contributed by atoms with Crippen LogP contribution in [-0.4, -0.2) is 10.1 Å². The van der Waals surface area contributed by atoms with E-state index in [1.54, 1.807) is 12.4 Å². The van der Waals surface area contributed by atoms with E-state index in [1.807, 2.05) is 30.3 Å². The minimum Gasteiger partial charge on any atom is -0.367 e. The molecule has 1 aromatic carbocycles. The maximum Gasteiger partial charge on any atom is 0.230 e. The quantitative estimate of drug-likeness (QED) is 0.657. The van der Waals surface area contributed by atoms with Gasteiger partial charge >= 0.3 is 0 Å². The minimum absolute atomic E-state index is 0.280. The highest BCUT2D eigenvalue weighted by Crippen LogP contribution is 2.38. The molecule has 0 aliphatic heterocycles. The van der Waals surface area contributed by atoms with Crippen LogP contribution in [0.5, 0.6) is 0 Å². The Bertz CT molecular complexity index is 758. The molecule has 0 saturated carbocycles. The Morgan fingerprint density at radius 2 is 1.90 bits per heavy atom. The predicted molar refractivity (Wildman–Crippen MR) is 87.3 cm³/mol. The Labute approximate surface area is 134 Å². The molecule has 3 aromatic rings. The summed E-state index contributed by atoms with van der Waals surface area (Å²) in [5.41, 5.74) is 9.15. The first-order valence-corrected chi connectivity index (χ1v) is 7.23. The summed E-state index contributed by atoms with van der Waals surface area (Å²) >= 11 is 8.30. The van der Waals surface area contributed by atoms with E-state index < -0.39 is 0 Å². The number of nitrogen functional groups attached to an aromatic ring is 1. The third-order valence-electron chi connectivity index (χ3n) is 2.87. The SMILES string of the molecule is Nc1onc(-c2cc(Cl)ccc2I)c1-c1ccncc1. The van der Waals surface area contributed by atoms with Crippen LogP contribution in [0.1, 0.15) is 0 Å². The molecule has 0 spiro atoms. The van der Waals surface area contributed by atoms with Crippen molar-refractivity contribution in [2.24, 2.45) is 0 Å². The summed E-state index contributed by atoms with van der Waals surface area (Å²) in [4.78, 5) is 4.00. The van der Waals surface area contributed by atoms with Crippen LogP contribution in [0.3, 0.4) is 0 Å². The van der Waals surface area contributed by atoms with Crippen molar-refractivity contribution in [3.63, 3.8) is 0 Å². The predicted octanol–water partition coefficient (Wildman–Crippen LogP) is 4.24. The van der Waals surface area contributed by atoms with E-state index in [1.165, 1.54) is 0 Å². The van der Waals surface area contributed by atoms with Gasteiger partial charge in [-0.1, -0.05) is 16.8 Å². The van der Waals surface area contributed by atoms with Crippen molar-refractivity contribution in [2.75, 3.05) is 5.73 Å². The average molecular weight is 398 g/mol. The Kier molecular flexibility index (Phi) is 3.62. The molecule has 20 heavy (non-hydrogen) atoms. The molecule has 3 rings (SSSR count). The van der Waals surface area contributed by atoms with Crippen molar-refractivity contribution in [1.29, 1.82) is 0 Å². The molecule has 0 bridgehead atoms. The van der Waals surface area contributed by atoms with E-state index in [9.17, 15) is 0 Å². The second kappa shape index (κ2) is 5.41. The maximum atomic E-state index is 6.07. The van der Waals surface area contributed by atoms with Crippen molar-refractivity contribution >= 4 is 40.1 Å². The average Bonchev–Trinajstić information content (AvgIpc) is 2.84. The first-order valence-electron chi connectivity index (χ1n) is 5.78. The molecular weight excluding hydrogens is 389 g/mol. The van der Waals surface area contributed by atoms with Gasteiger partial charge in [-0.15, -0.1) is 0 Å². The number of hydrogen-bond donors (Lipinski definition) is 1. The van der Waals surface area contributed by atoms with E-state index in [0.717, 1.165) is 20.3 Å². The van der Waals surface area contributed by atoms with Gasteiger partial charge in [0.2, 0.25) is 5.88 Å². The Morgan fingerprint density at radius 1 is 1.15 bits per heavy atom. The second-order valence-electron chi connectivity index (χ2n) is 4.13. The Morgan fingerprint density at radius 3 is 2.65 bits per heavy atom. The number of halogens is 2. The van der Waals surface area contributed by atoms with Gasteiger partial charge in [0.15, 0.2) is 0 Å². The van der Waals surface area contributed by atoms with E-state index in [4.69, 9.17) is 21.9 Å². The highest BCUT2D eigenvalue weighted by molar-refractivity contribution is 14.1. The van der Waals surface area contributed by atoms with Crippen molar-refractivity contribution in [3.8, 4) is 22.4 Å². The lowest BCUT2D eigenvalue weighted by atomic mass is 10.0. The van der Waals surface area contributed by atoms with Crippen LogP contribution in [0.15, 0.2) is 47.2 Å². The zero-order chi connectivity index (χ0) is 14.1. The molecule has 0 aliphatic carbocycles. The number of nitrogens with two attached hydrogens (primary N) is 1. The number of rotatable bonds is 2. The lowest BCUT2D eigenvalue weighted by molar-refractivity contribution is 0.439. The lowest BCUT2D eigenvalue weighted by Gasteiger charge is -2.05. The number of anilines is 1. The van der Waals surface area contributed by atoms with Crippen molar-refractivity contribution < 1.29 is 4.52 Å². The molecule has 0 aliphatic rings. The molecule has 0 radical (unpaired) electrons. The van der Waals surface area contributed by atoms with E-state index in [2.05, 4.69) is 32.7 Å². The lowest BCUT2D eigenvalue weighted by Crippen LogP contribution is -1.89. The zero-order valence-corrected chi connectivity index (χ0v) is 13.1. The summed E-state index contributed by atoms with van der Waals surface area (Å²) in [5.74, 6) is 0.280. The number of hydrogen-bond acceptors (Lipinski definition) is 4. The second-order valence-corrected chi connectivity index (χ2v) is 5.73. The number of pyridine rings is 1. The summed E-state index contributed by atoms with van der Waals surface area (Å²) in [7, 11) is 0. The van der Waals surface area contributed by atoms with Crippen LogP contribution in [-0.2, 0) is 0 Å². The van der Waals surface area contributed by atoms with Crippen molar-refractivity contribution in [3.05, 3.63) is 51.3 Å². The fraction of sp³-hybridized carbons (Fsp3) is 0. The standard InChI is InChI=1S/C14H9ClIN3O/c15-9-1-2-11(16)10(7-9)13-12(14(17)20-19-13)8-3-5-18-6-4-8/h1-7H,17H2. The van der Waals surface area contributed by atoms with Crippen LogP contribution in [0.25, 0.3) is 22.4 Å². The maximum absolute atomic E-state index is 6.07. The summed E-state index contributed by atoms with van der Waals surface area (Å²) in [6.07, 6.45) is 3.41. The molecule has 4 nitrogen and oxygen atoms in total. The Hall–Kier alpha value is -1.60. The van der Waals surface area contributed by atoms with Gasteiger partial charge in [0.1, 0.15) is 5.69 Å². The molecule has 100 valence electrons. The largest absolute Gasteiger partial charge is 0.367 e. The number of nitrogens with zero attached hydrogens (tertiary/aromatic N) is 2. The summed E-state index contributed by atoms with van der Waals surface area (Å²) < 4.78 is 6.18. The van der Waals surface area contributed by atoms with Gasteiger partial charge in [0, 0.05) is 26.5 Å². The highest BCUT2D eigenvalue weighted by Gasteiger charge is 2.19. The van der Waals surface area contributed by atoms with Crippen LogP contribution in [0.4, 0.5) is 5.88 Å². The van der Waals surface area contributed by atoms with Gasteiger partial charge in [-0.05, 0) is 58.5 Å². The van der Waals surface area contributed by atoms with Gasteiger partial charge in [-0.3, -0.25) is 4.98 Å². The highest BCUT2D eigenvalue weighted by atomic mass is 127. The first-order chi connectivity index (χ1) is 9.66. The van der Waals surface area contributed by atoms with Gasteiger partial charge < -0.3 is 10.3 Å². The normalized spacial score (nSPS) is 10.7. The van der Waals surface area contributed by atoms with Crippen molar-refractivity contribution in [1.82, 2.24) is 10.1 Å². The van der Waals surface area contributed by atoms with Crippen LogP contribution in [0.2, 0.25) is 5.02 Å². The minimum atomic E-state index is 0.280. The van der Waals surface area contributed by atoms with Crippen LogP contribution < -0.4 is 5.73 Å². The third-order valence-corrected chi connectivity index (χ3v) is 4.05. The van der Waals surface area contributed by atoms with Gasteiger partial charge in [0.05, 0.1) is 5.56 Å². The smallest absolute Gasteiger partial charge is 0.230 e. The molecule has 0 amide bonds. The van der Waals surface area contributed by atoms with Gasteiger partial charge in [-0.2, -0.15) is 0 Å². The van der Waals surface area contributed by atoms with E-state index >= 15 is 0 Å². The molecular formula is C14H9ClIN3O. The van der Waals surface area contributed by atoms with Crippen molar-refractivity contribution in [2.45, 2.75) is 0 Å². The van der Waals surface area contributed by atoms with Crippen LogP contribution in [0, 0.1) is 3.57 Å². The fourth-order valence-electron chi connectivity index (χ4n) is 1.96. The molecule has 2 N–H and O–H groups in total.